The van der Waals surface area contributed by atoms with Crippen LogP contribution in [0.2, 0.25) is 0 Å². The van der Waals surface area contributed by atoms with Crippen LogP contribution in [0.1, 0.15) is 46.0 Å². The van der Waals surface area contributed by atoms with Gasteiger partial charge in [-0.05, 0) is 38.0 Å². The van der Waals surface area contributed by atoms with Crippen molar-refractivity contribution in [3.8, 4) is 0 Å². The van der Waals surface area contributed by atoms with Crippen molar-refractivity contribution in [1.29, 1.82) is 0 Å². The van der Waals surface area contributed by atoms with Gasteiger partial charge in [-0.1, -0.05) is 20.3 Å². The molecular formula is C12H27NOS. The Hall–Kier alpha value is 0.270. The van der Waals surface area contributed by atoms with Gasteiger partial charge in [-0.3, -0.25) is 4.90 Å². The third-order valence-electron chi connectivity index (χ3n) is 2.95. The summed E-state index contributed by atoms with van der Waals surface area (Å²) in [5, 5.41) is 9.03. The molecule has 0 saturated heterocycles. The lowest BCUT2D eigenvalue weighted by Gasteiger charge is -2.29. The fourth-order valence-corrected chi connectivity index (χ4v) is 2.24. The quantitative estimate of drug-likeness (QED) is 0.447. The van der Waals surface area contributed by atoms with Gasteiger partial charge in [0, 0.05) is 12.6 Å². The molecule has 0 unspecified atom stereocenters. The number of aliphatic hydroxyl groups excluding tert-OH is 1. The summed E-state index contributed by atoms with van der Waals surface area (Å²) in [7, 11) is 0. The molecule has 0 aromatic carbocycles. The second-order valence-electron chi connectivity index (χ2n) is 4.01. The Morgan fingerprint density at radius 3 is 2.20 bits per heavy atom. The number of hydrogen-bond donors (Lipinski definition) is 2. The SMILES string of the molecule is CCC(CC)N(CCO)CCCCCS. The zero-order chi connectivity index (χ0) is 11.5. The highest BCUT2D eigenvalue weighted by atomic mass is 32.1. The van der Waals surface area contributed by atoms with Crippen molar-refractivity contribution in [1.82, 2.24) is 4.90 Å². The standard InChI is InChI=1S/C12H27NOS/c1-3-12(4-2)13(9-10-14)8-6-5-7-11-15/h12,14-15H,3-11H2,1-2H3. The largest absolute Gasteiger partial charge is 0.395 e. The van der Waals surface area contributed by atoms with Crippen LogP contribution in [0.4, 0.5) is 0 Å². The molecule has 0 aromatic rings. The predicted octanol–water partition coefficient (Wildman–Crippen LogP) is 2.57. The Balaban J connectivity index is 3.80. The number of aliphatic hydroxyl groups is 1. The van der Waals surface area contributed by atoms with E-state index in [1.807, 2.05) is 0 Å². The summed E-state index contributed by atoms with van der Waals surface area (Å²) in [5.41, 5.74) is 0. The van der Waals surface area contributed by atoms with Crippen molar-refractivity contribution in [3.63, 3.8) is 0 Å². The van der Waals surface area contributed by atoms with Gasteiger partial charge in [0.25, 0.3) is 0 Å². The van der Waals surface area contributed by atoms with E-state index in [0.717, 1.165) is 18.8 Å². The van der Waals surface area contributed by atoms with E-state index >= 15 is 0 Å². The molecule has 3 heteroatoms. The third kappa shape index (κ3) is 7.20. The van der Waals surface area contributed by atoms with Crippen molar-refractivity contribution < 1.29 is 5.11 Å². The number of unbranched alkanes of at least 4 members (excludes halogenated alkanes) is 2. The van der Waals surface area contributed by atoms with Crippen LogP contribution in [-0.4, -0.2) is 41.5 Å². The first-order chi connectivity index (χ1) is 7.29. The molecule has 0 aliphatic heterocycles. The maximum absolute atomic E-state index is 9.03. The molecule has 0 heterocycles. The maximum atomic E-state index is 9.03. The highest BCUT2D eigenvalue weighted by molar-refractivity contribution is 7.80. The molecule has 0 radical (unpaired) electrons. The second kappa shape index (κ2) is 10.8. The van der Waals surface area contributed by atoms with E-state index in [2.05, 4.69) is 31.4 Å². The monoisotopic (exact) mass is 233 g/mol. The third-order valence-corrected chi connectivity index (χ3v) is 3.27. The molecule has 15 heavy (non-hydrogen) atoms. The van der Waals surface area contributed by atoms with Crippen LogP contribution in [-0.2, 0) is 0 Å². The lowest BCUT2D eigenvalue weighted by molar-refractivity contribution is 0.141. The summed E-state index contributed by atoms with van der Waals surface area (Å²) in [5.74, 6) is 0.991. The van der Waals surface area contributed by atoms with Crippen LogP contribution < -0.4 is 0 Å². The van der Waals surface area contributed by atoms with Crippen molar-refractivity contribution in [2.75, 3.05) is 25.4 Å². The Labute approximate surface area is 100 Å². The van der Waals surface area contributed by atoms with E-state index in [9.17, 15) is 0 Å². The molecule has 0 fully saturated rings. The Kier molecular flexibility index (Phi) is 11.0. The van der Waals surface area contributed by atoms with Gasteiger partial charge in [0.1, 0.15) is 0 Å². The van der Waals surface area contributed by atoms with E-state index in [0.29, 0.717) is 6.04 Å². The van der Waals surface area contributed by atoms with Crippen molar-refractivity contribution in [3.05, 3.63) is 0 Å². The van der Waals surface area contributed by atoms with Gasteiger partial charge >= 0.3 is 0 Å². The number of rotatable bonds is 10. The molecule has 0 aliphatic rings. The first kappa shape index (κ1) is 15.3. The average molecular weight is 233 g/mol. The molecule has 1 N–H and O–H groups in total. The number of nitrogens with zero attached hydrogens (tertiary/aromatic N) is 1. The maximum Gasteiger partial charge on any atom is 0.0558 e. The van der Waals surface area contributed by atoms with Crippen molar-refractivity contribution >= 4 is 12.6 Å². The summed E-state index contributed by atoms with van der Waals surface area (Å²) < 4.78 is 0. The summed E-state index contributed by atoms with van der Waals surface area (Å²) in [4.78, 5) is 2.43. The lowest BCUT2D eigenvalue weighted by Crippen LogP contribution is -2.37. The van der Waals surface area contributed by atoms with Gasteiger partial charge in [0.15, 0.2) is 0 Å². The van der Waals surface area contributed by atoms with Gasteiger partial charge in [0.05, 0.1) is 6.61 Å². The fraction of sp³-hybridized carbons (Fsp3) is 1.00. The van der Waals surface area contributed by atoms with Gasteiger partial charge in [-0.25, -0.2) is 0 Å². The first-order valence-electron chi connectivity index (χ1n) is 6.25. The molecule has 2 nitrogen and oxygen atoms in total. The van der Waals surface area contributed by atoms with E-state index in [-0.39, 0.29) is 6.61 Å². The van der Waals surface area contributed by atoms with E-state index in [4.69, 9.17) is 5.11 Å². The van der Waals surface area contributed by atoms with Crippen LogP contribution in [0.25, 0.3) is 0 Å². The molecule has 0 aromatic heterocycles. The van der Waals surface area contributed by atoms with Crippen LogP contribution in [0.15, 0.2) is 0 Å². The average Bonchev–Trinajstić information content (AvgIpc) is 2.26. The van der Waals surface area contributed by atoms with E-state index in [1.54, 1.807) is 0 Å². The Morgan fingerprint density at radius 1 is 1.07 bits per heavy atom. The normalized spacial score (nSPS) is 11.6. The Morgan fingerprint density at radius 2 is 1.73 bits per heavy atom. The Bertz CT molecular complexity index is 129. The molecule has 0 atom stereocenters. The summed E-state index contributed by atoms with van der Waals surface area (Å²) in [6, 6.07) is 0.646. The van der Waals surface area contributed by atoms with Gasteiger partial charge in [-0.2, -0.15) is 12.6 Å². The zero-order valence-electron chi connectivity index (χ0n) is 10.3. The van der Waals surface area contributed by atoms with Crippen molar-refractivity contribution in [2.24, 2.45) is 0 Å². The van der Waals surface area contributed by atoms with Gasteiger partial charge < -0.3 is 5.11 Å². The van der Waals surface area contributed by atoms with E-state index < -0.39 is 0 Å². The molecule has 0 aliphatic carbocycles. The van der Waals surface area contributed by atoms with Crippen LogP contribution in [0.5, 0.6) is 0 Å². The minimum atomic E-state index is 0.281. The highest BCUT2D eigenvalue weighted by Crippen LogP contribution is 2.10. The fourth-order valence-electron chi connectivity index (χ4n) is 2.01. The molecular weight excluding hydrogens is 206 g/mol. The number of hydrogen-bond acceptors (Lipinski definition) is 3. The van der Waals surface area contributed by atoms with Gasteiger partial charge in [0.2, 0.25) is 0 Å². The molecule has 0 saturated carbocycles. The summed E-state index contributed by atoms with van der Waals surface area (Å²) in [6.07, 6.45) is 6.06. The molecule has 92 valence electrons. The molecule has 0 bridgehead atoms. The minimum Gasteiger partial charge on any atom is -0.395 e. The van der Waals surface area contributed by atoms with Crippen LogP contribution >= 0.6 is 12.6 Å². The summed E-state index contributed by atoms with van der Waals surface area (Å²) in [6.45, 7) is 6.69. The molecule has 0 amide bonds. The zero-order valence-corrected chi connectivity index (χ0v) is 11.2. The lowest BCUT2D eigenvalue weighted by atomic mass is 10.1. The summed E-state index contributed by atoms with van der Waals surface area (Å²) >= 11 is 4.21. The van der Waals surface area contributed by atoms with Gasteiger partial charge in [-0.15, -0.1) is 0 Å². The first-order valence-corrected chi connectivity index (χ1v) is 6.89. The topological polar surface area (TPSA) is 23.5 Å². The highest BCUT2D eigenvalue weighted by Gasteiger charge is 2.13. The minimum absolute atomic E-state index is 0.281. The molecule has 0 spiro atoms. The predicted molar refractivity (Wildman–Crippen MR) is 70.7 cm³/mol. The smallest absolute Gasteiger partial charge is 0.0558 e. The second-order valence-corrected chi connectivity index (χ2v) is 4.46. The van der Waals surface area contributed by atoms with Crippen molar-refractivity contribution in [2.45, 2.75) is 52.0 Å². The number of thiol groups is 1. The molecule has 0 rings (SSSR count). The van der Waals surface area contributed by atoms with E-state index in [1.165, 1.54) is 32.1 Å². The van der Waals surface area contributed by atoms with Crippen LogP contribution in [0.3, 0.4) is 0 Å². The van der Waals surface area contributed by atoms with Crippen LogP contribution in [0, 0.1) is 0 Å².